The van der Waals surface area contributed by atoms with Gasteiger partial charge in [-0.2, -0.15) is 0 Å². The maximum atomic E-state index is 12.4. The van der Waals surface area contributed by atoms with Crippen LogP contribution in [0.1, 0.15) is 43.2 Å². The summed E-state index contributed by atoms with van der Waals surface area (Å²) in [5.74, 6) is -1.72. The minimum absolute atomic E-state index is 0.0262. The number of rotatable bonds is 8. The number of nitrogens with one attached hydrogen (secondary N) is 1. The molecule has 1 aliphatic heterocycles. The third-order valence-electron chi connectivity index (χ3n) is 5.81. The standard InChI is InChI=1S/C22H28N2O5/c1-15-6-2-3-7-16(15)10-12-23-19(25)14-29-20(26)11-13-24-21(27)17-8-4-5-9-18(17)22(24)28/h2-3,6-7,17-18H,4-5,8-14H2,1H3,(H,23,25)/t17-,18-/m0/s1. The van der Waals surface area contributed by atoms with Crippen LogP contribution in [-0.2, 0) is 30.3 Å². The van der Waals surface area contributed by atoms with Crippen LogP contribution in [0.25, 0.3) is 0 Å². The van der Waals surface area contributed by atoms with E-state index in [1.165, 1.54) is 10.5 Å². The highest BCUT2D eigenvalue weighted by Crippen LogP contribution is 2.37. The van der Waals surface area contributed by atoms with Gasteiger partial charge in [-0.3, -0.25) is 24.1 Å². The molecule has 29 heavy (non-hydrogen) atoms. The number of fused-ring (bicyclic) bond motifs is 1. The first kappa shape index (κ1) is 21.0. The monoisotopic (exact) mass is 400 g/mol. The molecule has 3 rings (SSSR count). The fourth-order valence-corrected chi connectivity index (χ4v) is 4.15. The Bertz CT molecular complexity index is 767. The topological polar surface area (TPSA) is 92.8 Å². The van der Waals surface area contributed by atoms with Gasteiger partial charge in [-0.1, -0.05) is 37.1 Å². The maximum Gasteiger partial charge on any atom is 0.308 e. The summed E-state index contributed by atoms with van der Waals surface area (Å²) in [5.41, 5.74) is 2.32. The number of aryl methyl sites for hydroxylation is 1. The highest BCUT2D eigenvalue weighted by atomic mass is 16.5. The lowest BCUT2D eigenvalue weighted by molar-refractivity contribution is -0.149. The van der Waals surface area contributed by atoms with Gasteiger partial charge >= 0.3 is 5.97 Å². The summed E-state index contributed by atoms with van der Waals surface area (Å²) >= 11 is 0. The van der Waals surface area contributed by atoms with Crippen molar-refractivity contribution in [2.45, 2.75) is 45.4 Å². The Morgan fingerprint density at radius 2 is 1.76 bits per heavy atom. The number of hydrogen-bond acceptors (Lipinski definition) is 5. The van der Waals surface area contributed by atoms with Crippen molar-refractivity contribution in [3.8, 4) is 0 Å². The van der Waals surface area contributed by atoms with Crippen LogP contribution in [0, 0.1) is 18.8 Å². The lowest BCUT2D eigenvalue weighted by Gasteiger charge is -2.19. The van der Waals surface area contributed by atoms with E-state index in [-0.39, 0.29) is 49.1 Å². The number of ether oxygens (including phenoxy) is 1. The number of hydrogen-bond donors (Lipinski definition) is 1. The Morgan fingerprint density at radius 1 is 1.10 bits per heavy atom. The third-order valence-corrected chi connectivity index (χ3v) is 5.81. The summed E-state index contributed by atoms with van der Waals surface area (Å²) in [7, 11) is 0. The summed E-state index contributed by atoms with van der Waals surface area (Å²) in [5, 5.41) is 2.72. The summed E-state index contributed by atoms with van der Waals surface area (Å²) in [6.07, 6.45) is 4.04. The zero-order valence-corrected chi connectivity index (χ0v) is 16.8. The van der Waals surface area contributed by atoms with E-state index >= 15 is 0 Å². The molecule has 2 atom stereocenters. The van der Waals surface area contributed by atoms with Crippen LogP contribution in [0.15, 0.2) is 24.3 Å². The van der Waals surface area contributed by atoms with Crippen LogP contribution >= 0.6 is 0 Å². The van der Waals surface area contributed by atoms with E-state index in [0.717, 1.165) is 31.2 Å². The first-order chi connectivity index (χ1) is 14.0. The van der Waals surface area contributed by atoms with Crippen molar-refractivity contribution in [3.63, 3.8) is 0 Å². The Balaban J connectivity index is 1.34. The summed E-state index contributed by atoms with van der Waals surface area (Å²) in [6.45, 7) is 2.14. The second-order valence-corrected chi connectivity index (χ2v) is 7.76. The van der Waals surface area contributed by atoms with Crippen molar-refractivity contribution < 1.29 is 23.9 Å². The highest BCUT2D eigenvalue weighted by molar-refractivity contribution is 6.05. The molecule has 156 valence electrons. The number of amides is 3. The van der Waals surface area contributed by atoms with Crippen molar-refractivity contribution in [2.75, 3.05) is 19.7 Å². The van der Waals surface area contributed by atoms with Gasteiger partial charge in [-0.25, -0.2) is 0 Å². The zero-order chi connectivity index (χ0) is 20.8. The molecule has 7 nitrogen and oxygen atoms in total. The Morgan fingerprint density at radius 3 is 2.41 bits per heavy atom. The average Bonchev–Trinajstić information content (AvgIpc) is 2.97. The first-order valence-electron chi connectivity index (χ1n) is 10.3. The van der Waals surface area contributed by atoms with Crippen LogP contribution in [0.4, 0.5) is 0 Å². The van der Waals surface area contributed by atoms with Crippen molar-refractivity contribution in [3.05, 3.63) is 35.4 Å². The van der Waals surface area contributed by atoms with Gasteiger partial charge in [0.05, 0.1) is 18.3 Å². The minimum atomic E-state index is -0.588. The highest BCUT2D eigenvalue weighted by Gasteiger charge is 2.47. The van der Waals surface area contributed by atoms with Crippen LogP contribution < -0.4 is 5.32 Å². The van der Waals surface area contributed by atoms with Crippen molar-refractivity contribution in [2.24, 2.45) is 11.8 Å². The van der Waals surface area contributed by atoms with E-state index < -0.39 is 5.97 Å². The van der Waals surface area contributed by atoms with Gasteiger partial charge in [0, 0.05) is 13.1 Å². The van der Waals surface area contributed by atoms with Crippen molar-refractivity contribution >= 4 is 23.7 Å². The SMILES string of the molecule is Cc1ccccc1CCNC(=O)COC(=O)CCN1C(=O)[C@H]2CCCC[C@@H]2C1=O. The molecule has 1 saturated carbocycles. The van der Waals surface area contributed by atoms with Crippen LogP contribution in [0.3, 0.4) is 0 Å². The molecule has 1 N–H and O–H groups in total. The second-order valence-electron chi connectivity index (χ2n) is 7.76. The zero-order valence-electron chi connectivity index (χ0n) is 16.8. The summed E-state index contributed by atoms with van der Waals surface area (Å²) in [4.78, 5) is 49.7. The Kier molecular flexibility index (Phi) is 7.01. The molecular formula is C22H28N2O5. The molecule has 1 heterocycles. The lowest BCUT2D eigenvalue weighted by Crippen LogP contribution is -2.34. The molecule has 0 radical (unpaired) electrons. The molecule has 2 aliphatic rings. The fourth-order valence-electron chi connectivity index (χ4n) is 4.15. The van der Waals surface area contributed by atoms with Gasteiger partial charge in [-0.05, 0) is 37.3 Å². The molecule has 1 aromatic rings. The van der Waals surface area contributed by atoms with E-state index in [1.54, 1.807) is 0 Å². The summed E-state index contributed by atoms with van der Waals surface area (Å²) < 4.78 is 4.98. The molecule has 1 saturated heterocycles. The normalized spacial score (nSPS) is 21.1. The number of carbonyl (C=O) groups is 4. The number of carbonyl (C=O) groups excluding carboxylic acids is 4. The fraction of sp³-hybridized carbons (Fsp3) is 0.545. The van der Waals surface area contributed by atoms with Gasteiger partial charge in [0.25, 0.3) is 5.91 Å². The van der Waals surface area contributed by atoms with Gasteiger partial charge in [0.1, 0.15) is 0 Å². The smallest absolute Gasteiger partial charge is 0.308 e. The van der Waals surface area contributed by atoms with Gasteiger partial charge < -0.3 is 10.1 Å². The number of imide groups is 1. The third kappa shape index (κ3) is 5.22. The molecule has 2 fully saturated rings. The lowest BCUT2D eigenvalue weighted by atomic mass is 9.81. The van der Waals surface area contributed by atoms with Crippen LogP contribution in [0.2, 0.25) is 0 Å². The second kappa shape index (κ2) is 9.67. The number of nitrogens with zero attached hydrogens (tertiary/aromatic N) is 1. The van der Waals surface area contributed by atoms with E-state index in [2.05, 4.69) is 5.32 Å². The van der Waals surface area contributed by atoms with Gasteiger partial charge in [0.15, 0.2) is 6.61 Å². The Labute approximate surface area is 170 Å². The molecule has 0 spiro atoms. The molecule has 0 aromatic heterocycles. The predicted octanol–water partition coefficient (Wildman–Crippen LogP) is 1.76. The predicted molar refractivity (Wildman–Crippen MR) is 106 cm³/mol. The molecule has 1 aromatic carbocycles. The van der Waals surface area contributed by atoms with E-state index in [4.69, 9.17) is 4.74 Å². The van der Waals surface area contributed by atoms with Crippen molar-refractivity contribution in [1.82, 2.24) is 10.2 Å². The van der Waals surface area contributed by atoms with Crippen LogP contribution in [0.5, 0.6) is 0 Å². The minimum Gasteiger partial charge on any atom is -0.456 e. The van der Waals surface area contributed by atoms with Crippen LogP contribution in [-0.4, -0.2) is 48.3 Å². The van der Waals surface area contributed by atoms with E-state index in [1.807, 2.05) is 31.2 Å². The molecular weight excluding hydrogens is 372 g/mol. The number of likely N-dealkylation sites (tertiary alicyclic amines) is 1. The van der Waals surface area contributed by atoms with Crippen molar-refractivity contribution in [1.29, 1.82) is 0 Å². The number of benzene rings is 1. The molecule has 0 bridgehead atoms. The summed E-state index contributed by atoms with van der Waals surface area (Å²) in [6, 6.07) is 7.95. The molecule has 1 aliphatic carbocycles. The molecule has 7 heteroatoms. The molecule has 3 amide bonds. The van der Waals surface area contributed by atoms with Gasteiger partial charge in [0.2, 0.25) is 11.8 Å². The number of esters is 1. The average molecular weight is 400 g/mol. The van der Waals surface area contributed by atoms with E-state index in [9.17, 15) is 19.2 Å². The largest absolute Gasteiger partial charge is 0.456 e. The Hall–Kier alpha value is -2.70. The molecule has 0 unspecified atom stereocenters. The quantitative estimate of drug-likeness (QED) is 0.530. The van der Waals surface area contributed by atoms with E-state index in [0.29, 0.717) is 13.0 Å². The maximum absolute atomic E-state index is 12.4. The first-order valence-corrected chi connectivity index (χ1v) is 10.3. The van der Waals surface area contributed by atoms with Gasteiger partial charge in [-0.15, -0.1) is 0 Å².